The molecular formula is C15H23NO4S. The van der Waals surface area contributed by atoms with Crippen LogP contribution in [-0.4, -0.2) is 32.2 Å². The standard InChI is InChI=1S/C15H23NO4S/c1-5-13(4)16(14-9-7-6-8-10-14)15(17)11-20-21(18,19)12(2)3/h6-10,12-13H,5,11H2,1-4H3. The molecule has 118 valence electrons. The Balaban J connectivity index is 2.88. The molecule has 6 heteroatoms. The average Bonchev–Trinajstić information content (AvgIpc) is 2.46. The van der Waals surface area contributed by atoms with E-state index >= 15 is 0 Å². The SMILES string of the molecule is CCC(C)N(C(=O)COS(=O)(=O)C(C)C)c1ccccc1. The van der Waals surface area contributed by atoms with Gasteiger partial charge in [0.1, 0.15) is 6.61 Å². The molecule has 0 N–H and O–H groups in total. The van der Waals surface area contributed by atoms with Crippen LogP contribution in [0, 0.1) is 0 Å². The fraction of sp³-hybridized carbons (Fsp3) is 0.533. The van der Waals surface area contributed by atoms with Crippen molar-refractivity contribution in [1.82, 2.24) is 0 Å². The summed E-state index contributed by atoms with van der Waals surface area (Å²) in [5, 5.41) is -0.668. The monoisotopic (exact) mass is 313 g/mol. The van der Waals surface area contributed by atoms with Crippen molar-refractivity contribution in [3.05, 3.63) is 30.3 Å². The number of hydrogen-bond acceptors (Lipinski definition) is 4. The topological polar surface area (TPSA) is 63.7 Å². The summed E-state index contributed by atoms with van der Waals surface area (Å²) in [6.07, 6.45) is 0.761. The number of carbonyl (C=O) groups is 1. The number of benzene rings is 1. The van der Waals surface area contributed by atoms with Crippen molar-refractivity contribution in [2.24, 2.45) is 0 Å². The quantitative estimate of drug-likeness (QED) is 0.726. The first kappa shape index (κ1) is 17.7. The minimum atomic E-state index is -3.69. The molecule has 1 unspecified atom stereocenters. The van der Waals surface area contributed by atoms with E-state index in [1.165, 1.54) is 13.8 Å². The molecule has 0 bridgehead atoms. The smallest absolute Gasteiger partial charge is 0.270 e. The Morgan fingerprint density at radius 1 is 1.19 bits per heavy atom. The van der Waals surface area contributed by atoms with Crippen LogP contribution in [0.4, 0.5) is 5.69 Å². The van der Waals surface area contributed by atoms with Crippen LogP contribution in [0.15, 0.2) is 30.3 Å². The lowest BCUT2D eigenvalue weighted by molar-refractivity contribution is -0.120. The lowest BCUT2D eigenvalue weighted by Gasteiger charge is -2.28. The first-order valence-electron chi connectivity index (χ1n) is 7.05. The maximum Gasteiger partial charge on any atom is 0.270 e. The minimum absolute atomic E-state index is 0.0368. The number of hydrogen-bond donors (Lipinski definition) is 0. The first-order valence-corrected chi connectivity index (χ1v) is 8.52. The van der Waals surface area contributed by atoms with E-state index in [0.717, 1.165) is 12.1 Å². The van der Waals surface area contributed by atoms with E-state index in [0.29, 0.717) is 0 Å². The molecule has 1 rings (SSSR count). The Bertz CT molecular complexity index is 554. The summed E-state index contributed by atoms with van der Waals surface area (Å²) in [6, 6.07) is 9.14. The number of para-hydroxylation sites is 1. The van der Waals surface area contributed by atoms with Crippen molar-refractivity contribution in [3.63, 3.8) is 0 Å². The Hall–Kier alpha value is -1.40. The fourth-order valence-corrected chi connectivity index (χ4v) is 2.29. The molecule has 0 fully saturated rings. The van der Waals surface area contributed by atoms with Crippen molar-refractivity contribution in [3.8, 4) is 0 Å². The zero-order valence-corrected chi connectivity index (χ0v) is 13.8. The van der Waals surface area contributed by atoms with Gasteiger partial charge in [0.05, 0.1) is 5.25 Å². The molecule has 0 radical (unpaired) electrons. The Kier molecular flexibility index (Phi) is 6.36. The third-order valence-electron chi connectivity index (χ3n) is 3.26. The predicted molar refractivity (Wildman–Crippen MR) is 83.7 cm³/mol. The number of carbonyl (C=O) groups excluding carboxylic acids is 1. The van der Waals surface area contributed by atoms with E-state index in [1.807, 2.05) is 44.2 Å². The highest BCUT2D eigenvalue weighted by Gasteiger charge is 2.24. The molecule has 21 heavy (non-hydrogen) atoms. The summed E-state index contributed by atoms with van der Waals surface area (Å²) in [7, 11) is -3.69. The number of rotatable bonds is 7. The lowest BCUT2D eigenvalue weighted by atomic mass is 10.2. The van der Waals surface area contributed by atoms with Gasteiger partial charge in [0.15, 0.2) is 0 Å². The van der Waals surface area contributed by atoms with Crippen LogP contribution >= 0.6 is 0 Å². The van der Waals surface area contributed by atoms with Crippen LogP contribution in [0.25, 0.3) is 0 Å². The third-order valence-corrected chi connectivity index (χ3v) is 4.86. The average molecular weight is 313 g/mol. The Morgan fingerprint density at radius 3 is 2.24 bits per heavy atom. The van der Waals surface area contributed by atoms with Gasteiger partial charge in [0.2, 0.25) is 0 Å². The van der Waals surface area contributed by atoms with Gasteiger partial charge < -0.3 is 4.90 Å². The number of anilines is 1. The summed E-state index contributed by atoms with van der Waals surface area (Å²) in [6.45, 7) is 6.45. The van der Waals surface area contributed by atoms with Crippen LogP contribution in [-0.2, 0) is 19.1 Å². The Morgan fingerprint density at radius 2 is 1.76 bits per heavy atom. The van der Waals surface area contributed by atoms with Crippen molar-refractivity contribution < 1.29 is 17.4 Å². The van der Waals surface area contributed by atoms with Gasteiger partial charge >= 0.3 is 0 Å². The molecule has 0 aromatic heterocycles. The third kappa shape index (κ3) is 4.82. The molecule has 1 atom stereocenters. The van der Waals surface area contributed by atoms with Crippen LogP contribution in [0.5, 0.6) is 0 Å². The molecule has 0 spiro atoms. The van der Waals surface area contributed by atoms with Crippen molar-refractivity contribution in [2.75, 3.05) is 11.5 Å². The van der Waals surface area contributed by atoms with Gasteiger partial charge in [-0.15, -0.1) is 0 Å². The van der Waals surface area contributed by atoms with Gasteiger partial charge in [-0.05, 0) is 39.3 Å². The van der Waals surface area contributed by atoms with Gasteiger partial charge in [-0.2, -0.15) is 8.42 Å². The summed E-state index contributed by atoms with van der Waals surface area (Å²) in [4.78, 5) is 13.9. The summed E-state index contributed by atoms with van der Waals surface area (Å²) >= 11 is 0. The van der Waals surface area contributed by atoms with Gasteiger partial charge in [-0.1, -0.05) is 25.1 Å². The lowest BCUT2D eigenvalue weighted by Crippen LogP contribution is -2.41. The summed E-state index contributed by atoms with van der Waals surface area (Å²) in [5.74, 6) is -0.361. The highest BCUT2D eigenvalue weighted by atomic mass is 32.2. The number of nitrogens with zero attached hydrogens (tertiary/aromatic N) is 1. The normalized spacial score (nSPS) is 13.2. The molecule has 0 saturated carbocycles. The van der Waals surface area contributed by atoms with Gasteiger partial charge in [-0.25, -0.2) is 0 Å². The second-order valence-electron chi connectivity index (χ2n) is 5.16. The van der Waals surface area contributed by atoms with Gasteiger partial charge in [0.25, 0.3) is 16.0 Å². The van der Waals surface area contributed by atoms with Gasteiger partial charge in [0, 0.05) is 11.7 Å². The van der Waals surface area contributed by atoms with Crippen molar-refractivity contribution >= 4 is 21.7 Å². The highest BCUT2D eigenvalue weighted by Crippen LogP contribution is 2.19. The van der Waals surface area contributed by atoms with Crippen molar-refractivity contribution in [1.29, 1.82) is 0 Å². The minimum Gasteiger partial charge on any atom is -0.308 e. The predicted octanol–water partition coefficient (Wildman–Crippen LogP) is 2.57. The largest absolute Gasteiger partial charge is 0.308 e. The van der Waals surface area contributed by atoms with Crippen molar-refractivity contribution in [2.45, 2.75) is 45.4 Å². The van der Waals surface area contributed by atoms with Crippen LogP contribution in [0.2, 0.25) is 0 Å². The Labute approximate surface area is 127 Å². The fourth-order valence-electron chi connectivity index (χ4n) is 1.75. The zero-order chi connectivity index (χ0) is 16.0. The second kappa shape index (κ2) is 7.56. The highest BCUT2D eigenvalue weighted by molar-refractivity contribution is 7.87. The second-order valence-corrected chi connectivity index (χ2v) is 7.32. The molecule has 0 aliphatic heterocycles. The molecule has 0 aliphatic carbocycles. The molecule has 1 aromatic rings. The summed E-state index contributed by atoms with van der Waals surface area (Å²) < 4.78 is 28.1. The van der Waals surface area contributed by atoms with E-state index in [2.05, 4.69) is 0 Å². The van der Waals surface area contributed by atoms with E-state index in [4.69, 9.17) is 4.18 Å². The van der Waals surface area contributed by atoms with Crippen LogP contribution in [0.3, 0.4) is 0 Å². The molecule has 0 heterocycles. The van der Waals surface area contributed by atoms with E-state index in [9.17, 15) is 13.2 Å². The molecule has 1 amide bonds. The van der Waals surface area contributed by atoms with E-state index in [1.54, 1.807) is 4.90 Å². The first-order chi connectivity index (χ1) is 9.79. The van der Waals surface area contributed by atoms with E-state index in [-0.39, 0.29) is 11.9 Å². The van der Waals surface area contributed by atoms with Gasteiger partial charge in [-0.3, -0.25) is 8.98 Å². The number of amides is 1. The van der Waals surface area contributed by atoms with Crippen LogP contribution in [0.1, 0.15) is 34.1 Å². The molecule has 0 aliphatic rings. The molecule has 5 nitrogen and oxygen atoms in total. The molecule has 1 aromatic carbocycles. The van der Waals surface area contributed by atoms with Crippen LogP contribution < -0.4 is 4.90 Å². The zero-order valence-electron chi connectivity index (χ0n) is 12.9. The molecular weight excluding hydrogens is 290 g/mol. The molecule has 0 saturated heterocycles. The van der Waals surface area contributed by atoms with E-state index < -0.39 is 22.0 Å². The maximum atomic E-state index is 12.3. The summed E-state index contributed by atoms with van der Waals surface area (Å²) in [5.41, 5.74) is 0.738. The maximum absolute atomic E-state index is 12.3.